The third-order valence-corrected chi connectivity index (χ3v) is 5.82. The van der Waals surface area contributed by atoms with Crippen LogP contribution < -0.4 is 5.32 Å². The number of piperidine rings is 1. The van der Waals surface area contributed by atoms with Crippen molar-refractivity contribution in [3.63, 3.8) is 0 Å². The zero-order chi connectivity index (χ0) is 25.9. The second kappa shape index (κ2) is 10.2. The maximum Gasteiger partial charge on any atom is 0.418 e. The van der Waals surface area contributed by atoms with Gasteiger partial charge in [-0.1, -0.05) is 12.1 Å². The van der Waals surface area contributed by atoms with E-state index in [2.05, 4.69) is 15.4 Å². The largest absolute Gasteiger partial charge is 0.465 e. The van der Waals surface area contributed by atoms with Gasteiger partial charge in [0.2, 0.25) is 0 Å². The van der Waals surface area contributed by atoms with Crippen molar-refractivity contribution in [2.24, 2.45) is 0 Å². The number of anilines is 1. The van der Waals surface area contributed by atoms with Gasteiger partial charge in [0.1, 0.15) is 5.60 Å². The van der Waals surface area contributed by atoms with Crippen molar-refractivity contribution in [3.05, 3.63) is 54.5 Å². The molecule has 0 saturated carbocycles. The molecule has 2 aromatic heterocycles. The van der Waals surface area contributed by atoms with Gasteiger partial charge in [0.15, 0.2) is 0 Å². The van der Waals surface area contributed by atoms with E-state index in [0.29, 0.717) is 31.6 Å². The molecule has 0 bridgehead atoms. The summed E-state index contributed by atoms with van der Waals surface area (Å²) in [6, 6.07) is 7.84. The lowest BCUT2D eigenvalue weighted by atomic mass is 10.0. The molecule has 1 aliphatic heterocycles. The third kappa shape index (κ3) is 5.91. The Morgan fingerprint density at radius 2 is 1.92 bits per heavy atom. The lowest BCUT2D eigenvalue weighted by Crippen LogP contribution is -2.55. The monoisotopic (exact) mass is 494 g/mol. The van der Waals surface area contributed by atoms with Gasteiger partial charge < -0.3 is 20.1 Å². The molecular formula is C25H30N6O5. The molecule has 1 aliphatic rings. The van der Waals surface area contributed by atoms with Gasteiger partial charge in [-0.15, -0.1) is 0 Å². The zero-order valence-corrected chi connectivity index (χ0v) is 20.5. The number of carbonyl (C=O) groups is 3. The van der Waals surface area contributed by atoms with Crippen LogP contribution in [0.1, 0.15) is 39.2 Å². The molecule has 1 atom stereocenters. The highest BCUT2D eigenvalue weighted by molar-refractivity contribution is 5.99. The van der Waals surface area contributed by atoms with Crippen LogP contribution in [0.2, 0.25) is 0 Å². The van der Waals surface area contributed by atoms with Gasteiger partial charge >= 0.3 is 18.2 Å². The van der Waals surface area contributed by atoms with Crippen LogP contribution in [-0.4, -0.2) is 72.6 Å². The molecule has 11 heteroatoms. The van der Waals surface area contributed by atoms with Crippen molar-refractivity contribution in [2.75, 3.05) is 18.4 Å². The second-order valence-corrected chi connectivity index (χ2v) is 9.74. The molecule has 11 nitrogen and oxygen atoms in total. The van der Waals surface area contributed by atoms with Crippen LogP contribution in [0.4, 0.5) is 20.1 Å². The Bertz CT molecular complexity index is 1250. The predicted octanol–water partition coefficient (Wildman–Crippen LogP) is 4.39. The van der Waals surface area contributed by atoms with E-state index in [1.54, 1.807) is 51.5 Å². The number of carbonyl (C=O) groups excluding carboxylic acids is 2. The normalized spacial score (nSPS) is 16.0. The first-order valence-electron chi connectivity index (χ1n) is 11.8. The maximum absolute atomic E-state index is 13.2. The van der Waals surface area contributed by atoms with Gasteiger partial charge in [-0.3, -0.25) is 9.67 Å². The molecular weight excluding hydrogens is 464 g/mol. The predicted molar refractivity (Wildman–Crippen MR) is 133 cm³/mol. The van der Waals surface area contributed by atoms with Crippen LogP contribution in [0.3, 0.4) is 0 Å². The standard InChI is InChI=1S/C25H30N6O5/c1-25(2,3)36-24(35)31(20-5-4-12-29(16-20)23(33)34)22(32)28-19-8-6-17(7-9-19)15-30-21-10-11-26-13-18(21)14-27-30/h6-11,13-14,20H,4-5,12,15-16H2,1-3H3,(H,28,32)(H,33,34)/t20-/m1/s1. The summed E-state index contributed by atoms with van der Waals surface area (Å²) < 4.78 is 7.33. The van der Waals surface area contributed by atoms with E-state index < -0.39 is 29.9 Å². The molecule has 0 unspecified atom stereocenters. The molecule has 0 aliphatic carbocycles. The number of pyridine rings is 1. The van der Waals surface area contributed by atoms with Gasteiger partial charge in [-0.25, -0.2) is 19.3 Å². The van der Waals surface area contributed by atoms with E-state index >= 15 is 0 Å². The number of hydrogen-bond donors (Lipinski definition) is 2. The fourth-order valence-corrected chi connectivity index (χ4v) is 4.15. The van der Waals surface area contributed by atoms with E-state index in [0.717, 1.165) is 21.4 Å². The maximum atomic E-state index is 13.2. The molecule has 2 N–H and O–H groups in total. The first-order valence-corrected chi connectivity index (χ1v) is 11.8. The number of aromatic nitrogens is 3. The number of urea groups is 1. The van der Waals surface area contributed by atoms with Gasteiger partial charge in [0.25, 0.3) is 0 Å². The molecule has 0 radical (unpaired) electrons. The van der Waals surface area contributed by atoms with Gasteiger partial charge in [-0.2, -0.15) is 5.10 Å². The van der Waals surface area contributed by atoms with Crippen LogP contribution in [0.25, 0.3) is 10.9 Å². The summed E-state index contributed by atoms with van der Waals surface area (Å²) in [4.78, 5) is 44.0. The SMILES string of the molecule is CC(C)(C)OC(=O)N(C(=O)Nc1ccc(Cn2ncc3cnccc32)cc1)[C@@H]1CCCN(C(=O)O)C1. The fourth-order valence-electron chi connectivity index (χ4n) is 4.15. The molecule has 1 saturated heterocycles. The molecule has 190 valence electrons. The number of likely N-dealkylation sites (tertiary alicyclic amines) is 1. The average Bonchev–Trinajstić information content (AvgIpc) is 3.22. The van der Waals surface area contributed by atoms with Gasteiger partial charge in [0, 0.05) is 36.6 Å². The number of imide groups is 1. The Kier molecular flexibility index (Phi) is 7.09. The Hall–Kier alpha value is -4.15. The van der Waals surface area contributed by atoms with E-state index in [4.69, 9.17) is 4.74 Å². The lowest BCUT2D eigenvalue weighted by Gasteiger charge is -2.37. The van der Waals surface area contributed by atoms with E-state index in [1.807, 2.05) is 22.9 Å². The summed E-state index contributed by atoms with van der Waals surface area (Å²) in [5, 5.41) is 17.5. The van der Waals surface area contributed by atoms with Crippen LogP contribution in [0, 0.1) is 0 Å². The summed E-state index contributed by atoms with van der Waals surface area (Å²) in [5.74, 6) is 0. The second-order valence-electron chi connectivity index (χ2n) is 9.74. The number of rotatable bonds is 4. The van der Waals surface area contributed by atoms with Crippen molar-refractivity contribution in [2.45, 2.75) is 51.8 Å². The number of nitrogens with zero attached hydrogens (tertiary/aromatic N) is 5. The smallest absolute Gasteiger partial charge is 0.418 e. The topological polar surface area (TPSA) is 130 Å². The van der Waals surface area contributed by atoms with Crippen molar-refractivity contribution in [1.82, 2.24) is 24.6 Å². The van der Waals surface area contributed by atoms with Gasteiger partial charge in [0.05, 0.1) is 24.3 Å². The minimum absolute atomic E-state index is 0.0360. The van der Waals surface area contributed by atoms with E-state index in [-0.39, 0.29) is 6.54 Å². The van der Waals surface area contributed by atoms with Crippen LogP contribution in [-0.2, 0) is 11.3 Å². The molecule has 3 heterocycles. The molecule has 1 fully saturated rings. The summed E-state index contributed by atoms with van der Waals surface area (Å²) >= 11 is 0. The zero-order valence-electron chi connectivity index (χ0n) is 20.5. The first-order chi connectivity index (χ1) is 17.1. The number of benzene rings is 1. The Labute approximate surface area is 208 Å². The Morgan fingerprint density at radius 3 is 2.61 bits per heavy atom. The third-order valence-electron chi connectivity index (χ3n) is 5.82. The summed E-state index contributed by atoms with van der Waals surface area (Å²) in [7, 11) is 0. The van der Waals surface area contributed by atoms with Crippen molar-refractivity contribution >= 4 is 34.8 Å². The minimum atomic E-state index is -1.08. The number of carboxylic acid groups (broad SMARTS) is 1. The average molecular weight is 495 g/mol. The summed E-state index contributed by atoms with van der Waals surface area (Å²) in [5.41, 5.74) is 1.63. The molecule has 4 rings (SSSR count). The Morgan fingerprint density at radius 1 is 1.17 bits per heavy atom. The number of ether oxygens (including phenoxy) is 1. The highest BCUT2D eigenvalue weighted by atomic mass is 16.6. The Balaban J connectivity index is 1.48. The quantitative estimate of drug-likeness (QED) is 0.550. The molecule has 1 aromatic carbocycles. The van der Waals surface area contributed by atoms with E-state index in [1.165, 1.54) is 4.90 Å². The number of fused-ring (bicyclic) bond motifs is 1. The lowest BCUT2D eigenvalue weighted by molar-refractivity contribution is 0.0190. The number of amides is 4. The van der Waals surface area contributed by atoms with Crippen molar-refractivity contribution < 1.29 is 24.2 Å². The van der Waals surface area contributed by atoms with Crippen LogP contribution in [0.15, 0.2) is 48.9 Å². The number of nitrogens with one attached hydrogen (secondary N) is 1. The highest BCUT2D eigenvalue weighted by Crippen LogP contribution is 2.22. The van der Waals surface area contributed by atoms with Crippen molar-refractivity contribution in [3.8, 4) is 0 Å². The summed E-state index contributed by atoms with van der Waals surface area (Å²) in [6.45, 7) is 6.07. The summed E-state index contributed by atoms with van der Waals surface area (Å²) in [6.07, 6.45) is 4.38. The first kappa shape index (κ1) is 25.0. The fraction of sp³-hybridized carbons (Fsp3) is 0.400. The molecule has 36 heavy (non-hydrogen) atoms. The molecule has 3 aromatic rings. The minimum Gasteiger partial charge on any atom is -0.465 e. The van der Waals surface area contributed by atoms with Crippen LogP contribution in [0.5, 0.6) is 0 Å². The molecule has 0 spiro atoms. The van der Waals surface area contributed by atoms with Crippen LogP contribution >= 0.6 is 0 Å². The van der Waals surface area contributed by atoms with Gasteiger partial charge in [-0.05, 0) is 57.4 Å². The van der Waals surface area contributed by atoms with E-state index in [9.17, 15) is 19.5 Å². The highest BCUT2D eigenvalue weighted by Gasteiger charge is 2.37. The van der Waals surface area contributed by atoms with Crippen molar-refractivity contribution in [1.29, 1.82) is 0 Å². The molecule has 4 amide bonds. The number of hydrogen-bond acceptors (Lipinski definition) is 6.